The Bertz CT molecular complexity index is 200. The van der Waals surface area contributed by atoms with E-state index in [9.17, 15) is 14.4 Å². The second-order valence-electron chi connectivity index (χ2n) is 1.52. The summed E-state index contributed by atoms with van der Waals surface area (Å²) in [6.45, 7) is 0. The highest BCUT2D eigenvalue weighted by Crippen LogP contribution is 2.17. The third-order valence-electron chi connectivity index (χ3n) is 0.933. The number of nitrogens with zero attached hydrogens (tertiary/aromatic N) is 1. The molecule has 0 aromatic rings. The van der Waals surface area contributed by atoms with Crippen LogP contribution in [0.25, 0.3) is 0 Å². The van der Waals surface area contributed by atoms with Gasteiger partial charge in [-0.25, -0.2) is 0 Å². The lowest BCUT2D eigenvalue weighted by atomic mass is 10.6. The number of amides is 2. The smallest absolute Gasteiger partial charge is 0.275 e. The number of carbonyl (C=O) groups is 3. The van der Waals surface area contributed by atoms with Crippen LogP contribution < -0.4 is 0 Å². The second-order valence-corrected chi connectivity index (χ2v) is 2.44. The van der Waals surface area contributed by atoms with Crippen molar-refractivity contribution < 1.29 is 14.4 Å². The summed E-state index contributed by atoms with van der Waals surface area (Å²) in [6, 6.07) is 0. The molecule has 0 spiro atoms. The Morgan fingerprint density at radius 1 is 1.33 bits per heavy atom. The first-order valence-electron chi connectivity index (χ1n) is 2.17. The van der Waals surface area contributed by atoms with Gasteiger partial charge in [0.15, 0.2) is 0 Å². The zero-order valence-electron chi connectivity index (χ0n) is 4.58. The Kier molecular flexibility index (Phi) is 1.28. The zero-order chi connectivity index (χ0) is 7.02. The van der Waals surface area contributed by atoms with Crippen molar-refractivity contribution in [3.05, 3.63) is 0 Å². The van der Waals surface area contributed by atoms with E-state index in [1.165, 1.54) is 7.05 Å². The van der Waals surface area contributed by atoms with Crippen molar-refractivity contribution in [3.8, 4) is 0 Å². The largest absolute Gasteiger partial charge is 0.308 e. The summed E-state index contributed by atoms with van der Waals surface area (Å²) in [5.41, 5.74) is 0. The summed E-state index contributed by atoms with van der Waals surface area (Å²) in [5.74, 6) is -0.731. The van der Waals surface area contributed by atoms with Crippen molar-refractivity contribution in [1.29, 1.82) is 0 Å². The van der Waals surface area contributed by atoms with Gasteiger partial charge in [-0.15, -0.1) is 0 Å². The van der Waals surface area contributed by atoms with Crippen LogP contribution in [0.5, 0.6) is 0 Å². The lowest BCUT2D eigenvalue weighted by Crippen LogP contribution is -2.24. The topological polar surface area (TPSA) is 54.5 Å². The molecule has 0 bridgehead atoms. The average Bonchev–Trinajstić information content (AvgIpc) is 1.98. The van der Waals surface area contributed by atoms with Gasteiger partial charge in [0.1, 0.15) is 0 Å². The first-order valence-corrected chi connectivity index (χ1v) is 2.98. The molecule has 2 amide bonds. The van der Waals surface area contributed by atoms with Gasteiger partial charge in [-0.2, -0.15) is 0 Å². The molecule has 9 heavy (non-hydrogen) atoms. The number of thioether (sulfide) groups is 1. The number of likely N-dealkylation sites (N-methyl/N-ethyl adjacent to an activating group) is 1. The molecule has 0 saturated carbocycles. The van der Waals surface area contributed by atoms with Crippen molar-refractivity contribution in [2.45, 2.75) is 0 Å². The van der Waals surface area contributed by atoms with Gasteiger partial charge in [-0.05, 0) is 0 Å². The quantitative estimate of drug-likeness (QED) is 0.444. The summed E-state index contributed by atoms with van der Waals surface area (Å²) in [5, 5.41) is -1.19. The van der Waals surface area contributed by atoms with E-state index in [2.05, 4.69) is 0 Å². The number of carbonyl (C=O) groups excluding carboxylic acids is 3. The highest BCUT2D eigenvalue weighted by molar-refractivity contribution is 8.28. The van der Waals surface area contributed by atoms with Crippen LogP contribution in [0.15, 0.2) is 0 Å². The molecule has 0 N–H and O–H groups in total. The fourth-order valence-electron chi connectivity index (χ4n) is 0.411. The zero-order valence-corrected chi connectivity index (χ0v) is 5.40. The maximum atomic E-state index is 10.5. The van der Waals surface area contributed by atoms with Crippen LogP contribution in [0.3, 0.4) is 0 Å². The van der Waals surface area contributed by atoms with Crippen molar-refractivity contribution in [3.63, 3.8) is 0 Å². The molecule has 4 nitrogen and oxygen atoms in total. The molecule has 48 valence electrons. The van der Waals surface area contributed by atoms with Crippen LogP contribution in [0, 0.1) is 0 Å². The third kappa shape index (κ3) is 0.829. The molecule has 1 aliphatic rings. The van der Waals surface area contributed by atoms with Gasteiger partial charge < -0.3 is 0 Å². The van der Waals surface area contributed by atoms with E-state index in [1.54, 1.807) is 0 Å². The van der Waals surface area contributed by atoms with Crippen LogP contribution in [-0.4, -0.2) is 28.2 Å². The van der Waals surface area contributed by atoms with E-state index in [4.69, 9.17) is 0 Å². The number of rotatable bonds is 0. The van der Waals surface area contributed by atoms with Crippen molar-refractivity contribution >= 4 is 28.0 Å². The van der Waals surface area contributed by atoms with Crippen LogP contribution in [0.1, 0.15) is 0 Å². The Morgan fingerprint density at radius 2 is 1.89 bits per heavy atom. The Labute approximate surface area is 55.2 Å². The Morgan fingerprint density at radius 3 is 2.00 bits per heavy atom. The summed E-state index contributed by atoms with van der Waals surface area (Å²) in [4.78, 5) is 32.0. The minimum absolute atomic E-state index is 0.435. The molecule has 1 fully saturated rings. The van der Waals surface area contributed by atoms with E-state index in [1.807, 2.05) is 0 Å². The standard InChI is InChI=1S/C4H3NO3S/c1-5-2(6)3(7)9-4(5)8/h1H3. The lowest BCUT2D eigenvalue weighted by molar-refractivity contribution is -0.136. The SMILES string of the molecule is CN1C(=O)SC(=O)C1=O. The van der Waals surface area contributed by atoms with E-state index < -0.39 is 16.3 Å². The molecule has 0 aromatic heterocycles. The van der Waals surface area contributed by atoms with Gasteiger partial charge in [0.05, 0.1) is 0 Å². The fraction of sp³-hybridized carbons (Fsp3) is 0.250. The molecule has 1 saturated heterocycles. The fourth-order valence-corrected chi connectivity index (χ4v) is 1.01. The van der Waals surface area contributed by atoms with Gasteiger partial charge in [0.25, 0.3) is 10.4 Å². The molecule has 0 atom stereocenters. The number of hydrogen-bond acceptors (Lipinski definition) is 4. The molecule has 0 aliphatic carbocycles. The maximum absolute atomic E-state index is 10.5. The minimum atomic E-state index is -0.731. The molecule has 1 heterocycles. The molecule has 0 unspecified atom stereocenters. The first kappa shape index (κ1) is 6.28. The molecule has 1 rings (SSSR count). The van der Waals surface area contributed by atoms with Crippen LogP contribution in [0.4, 0.5) is 4.79 Å². The average molecular weight is 145 g/mol. The van der Waals surface area contributed by atoms with Crippen molar-refractivity contribution in [2.75, 3.05) is 7.05 Å². The highest BCUT2D eigenvalue weighted by atomic mass is 32.2. The predicted octanol–water partition coefficient (Wildman–Crippen LogP) is -0.162. The van der Waals surface area contributed by atoms with E-state index in [-0.39, 0.29) is 0 Å². The van der Waals surface area contributed by atoms with Crippen LogP contribution >= 0.6 is 11.8 Å². The molecular formula is C4H3NO3S. The maximum Gasteiger partial charge on any atom is 0.308 e. The van der Waals surface area contributed by atoms with Crippen LogP contribution in [0.2, 0.25) is 0 Å². The summed E-state index contributed by atoms with van der Waals surface area (Å²) >= 11 is 0.435. The number of hydrogen-bond donors (Lipinski definition) is 0. The number of imide groups is 1. The molecule has 1 aliphatic heterocycles. The Hall–Kier alpha value is -0.840. The van der Waals surface area contributed by atoms with E-state index >= 15 is 0 Å². The van der Waals surface area contributed by atoms with E-state index in [0.29, 0.717) is 11.8 Å². The van der Waals surface area contributed by atoms with Gasteiger partial charge in [-0.3, -0.25) is 19.3 Å². The molecule has 0 aromatic carbocycles. The second kappa shape index (κ2) is 1.84. The molecular weight excluding hydrogens is 142 g/mol. The molecule has 0 radical (unpaired) electrons. The van der Waals surface area contributed by atoms with Gasteiger partial charge >= 0.3 is 5.91 Å². The lowest BCUT2D eigenvalue weighted by Gasteiger charge is -1.98. The van der Waals surface area contributed by atoms with Crippen molar-refractivity contribution in [2.24, 2.45) is 0 Å². The van der Waals surface area contributed by atoms with Crippen molar-refractivity contribution in [1.82, 2.24) is 4.90 Å². The van der Waals surface area contributed by atoms with Gasteiger partial charge in [-0.1, -0.05) is 0 Å². The summed E-state index contributed by atoms with van der Waals surface area (Å²) in [6.07, 6.45) is 0. The van der Waals surface area contributed by atoms with Gasteiger partial charge in [0, 0.05) is 18.8 Å². The van der Waals surface area contributed by atoms with E-state index in [0.717, 1.165) is 4.90 Å². The monoisotopic (exact) mass is 145 g/mol. The third-order valence-corrected chi connectivity index (χ3v) is 1.74. The van der Waals surface area contributed by atoms with Crippen LogP contribution in [-0.2, 0) is 9.59 Å². The minimum Gasteiger partial charge on any atom is -0.275 e. The Balaban J connectivity index is 2.90. The first-order chi connectivity index (χ1) is 4.13. The summed E-state index contributed by atoms with van der Waals surface area (Å²) < 4.78 is 0. The highest BCUT2D eigenvalue weighted by Gasteiger charge is 2.35. The molecule has 5 heteroatoms. The van der Waals surface area contributed by atoms with Gasteiger partial charge in [0.2, 0.25) is 0 Å². The normalized spacial score (nSPS) is 19.7. The predicted molar refractivity (Wildman–Crippen MR) is 30.8 cm³/mol. The summed E-state index contributed by atoms with van der Waals surface area (Å²) in [7, 11) is 1.28.